The first-order valence-corrected chi connectivity index (χ1v) is 12.6. The van der Waals surface area contributed by atoms with Crippen molar-refractivity contribution in [1.29, 1.82) is 0 Å². The van der Waals surface area contributed by atoms with Crippen molar-refractivity contribution in [3.63, 3.8) is 0 Å². The number of carbonyl (C=O) groups excluding carboxylic acids is 1. The van der Waals surface area contributed by atoms with E-state index in [0.29, 0.717) is 11.6 Å². The van der Waals surface area contributed by atoms with Crippen molar-refractivity contribution in [2.24, 2.45) is 13.0 Å². The number of amides is 1. The highest BCUT2D eigenvalue weighted by Gasteiger charge is 2.24. The molecule has 9 heteroatoms. The number of imidazole rings is 1. The monoisotopic (exact) mass is 495 g/mol. The van der Waals surface area contributed by atoms with Gasteiger partial charge in [-0.05, 0) is 49.4 Å². The molecule has 0 N–H and O–H groups in total. The molecule has 188 valence electrons. The molecule has 5 aromatic rings. The lowest BCUT2D eigenvalue weighted by molar-refractivity contribution is -0.133. The summed E-state index contributed by atoms with van der Waals surface area (Å²) < 4.78 is 5.04. The molecule has 1 aromatic carbocycles. The topological polar surface area (TPSA) is 90.8 Å². The van der Waals surface area contributed by atoms with Crippen molar-refractivity contribution >= 4 is 27.8 Å². The second kappa shape index (κ2) is 8.99. The van der Waals surface area contributed by atoms with Crippen LogP contribution in [0.25, 0.3) is 38.9 Å². The van der Waals surface area contributed by atoms with Crippen LogP contribution in [0, 0.1) is 12.8 Å². The van der Waals surface area contributed by atoms with Crippen LogP contribution in [0.4, 0.5) is 0 Å². The summed E-state index contributed by atoms with van der Waals surface area (Å²) in [6, 6.07) is 9.60. The minimum Gasteiger partial charge on any atom is -0.341 e. The highest BCUT2D eigenvalue weighted by molar-refractivity contribution is 5.92. The number of benzene rings is 1. The molecule has 6 rings (SSSR count). The van der Waals surface area contributed by atoms with Crippen LogP contribution in [0.1, 0.15) is 25.3 Å². The Hall–Kier alpha value is -4.27. The van der Waals surface area contributed by atoms with Gasteiger partial charge >= 0.3 is 5.69 Å². The maximum absolute atomic E-state index is 13.8. The summed E-state index contributed by atoms with van der Waals surface area (Å²) in [7, 11) is 1.88. The number of rotatable bonds is 4. The number of hydrogen-bond acceptors (Lipinski definition) is 5. The minimum absolute atomic E-state index is 0.0141. The Morgan fingerprint density at radius 3 is 2.73 bits per heavy atom. The SMILES string of the molecule is Cc1cccc2c1n(-c1ccc(-c3cncc4c3cnn4C)nc1)c(=O)n2CC(=O)N1CCC[C@@H](C)C1. The Bertz CT molecular complexity index is 1690. The van der Waals surface area contributed by atoms with Gasteiger partial charge < -0.3 is 4.90 Å². The van der Waals surface area contributed by atoms with Crippen LogP contribution in [0.3, 0.4) is 0 Å². The predicted molar refractivity (Wildman–Crippen MR) is 143 cm³/mol. The summed E-state index contributed by atoms with van der Waals surface area (Å²) in [5, 5.41) is 5.30. The van der Waals surface area contributed by atoms with Crippen molar-refractivity contribution < 1.29 is 4.79 Å². The summed E-state index contributed by atoms with van der Waals surface area (Å²) in [6.45, 7) is 5.67. The van der Waals surface area contributed by atoms with Crippen molar-refractivity contribution in [2.75, 3.05) is 13.1 Å². The van der Waals surface area contributed by atoms with Crippen LogP contribution in [0.2, 0.25) is 0 Å². The largest absolute Gasteiger partial charge is 0.341 e. The molecule has 1 saturated heterocycles. The Labute approximate surface area is 214 Å². The van der Waals surface area contributed by atoms with Crippen molar-refractivity contribution in [1.82, 2.24) is 33.8 Å². The van der Waals surface area contributed by atoms with E-state index in [-0.39, 0.29) is 18.1 Å². The third-order valence-electron chi connectivity index (χ3n) is 7.41. The maximum Gasteiger partial charge on any atom is 0.334 e. The van der Waals surface area contributed by atoms with E-state index in [1.807, 2.05) is 55.4 Å². The first-order chi connectivity index (χ1) is 17.9. The predicted octanol–water partition coefficient (Wildman–Crippen LogP) is 3.70. The molecule has 1 amide bonds. The zero-order valence-corrected chi connectivity index (χ0v) is 21.3. The average Bonchev–Trinajstić information content (AvgIpc) is 3.42. The van der Waals surface area contributed by atoms with Crippen LogP contribution in [0.5, 0.6) is 0 Å². The lowest BCUT2D eigenvalue weighted by atomic mass is 10.0. The van der Waals surface area contributed by atoms with E-state index in [1.165, 1.54) is 0 Å². The summed E-state index contributed by atoms with van der Waals surface area (Å²) in [5.74, 6) is 0.468. The standard InChI is InChI=1S/C28H29N7O2/c1-18-6-5-11-33(16-18)26(36)17-34-24-8-4-7-19(2)27(24)35(28(34)37)20-9-10-23(30-12-20)21-13-29-15-25-22(21)14-31-32(25)3/h4,7-10,12-15,18H,5-6,11,16-17H2,1-3H3/t18-/m1/s1. The molecular formula is C28H29N7O2. The lowest BCUT2D eigenvalue weighted by Gasteiger charge is -2.31. The molecule has 0 spiro atoms. The Kier molecular flexibility index (Phi) is 5.62. The smallest absolute Gasteiger partial charge is 0.334 e. The van der Waals surface area contributed by atoms with E-state index in [1.54, 1.807) is 32.4 Å². The van der Waals surface area contributed by atoms with E-state index in [4.69, 9.17) is 4.98 Å². The maximum atomic E-state index is 13.8. The van der Waals surface area contributed by atoms with E-state index in [2.05, 4.69) is 17.0 Å². The quantitative estimate of drug-likeness (QED) is 0.379. The van der Waals surface area contributed by atoms with Gasteiger partial charge in [-0.3, -0.25) is 28.6 Å². The van der Waals surface area contributed by atoms with E-state index < -0.39 is 0 Å². The van der Waals surface area contributed by atoms with E-state index in [0.717, 1.165) is 64.7 Å². The molecule has 0 radical (unpaired) electrons. The van der Waals surface area contributed by atoms with Gasteiger partial charge in [0.15, 0.2) is 0 Å². The molecule has 0 unspecified atom stereocenters. The zero-order chi connectivity index (χ0) is 25.7. The van der Waals surface area contributed by atoms with Gasteiger partial charge in [-0.15, -0.1) is 0 Å². The first kappa shape index (κ1) is 23.1. The molecule has 0 saturated carbocycles. The summed E-state index contributed by atoms with van der Waals surface area (Å²) in [5.41, 5.74) is 5.45. The molecule has 1 aliphatic rings. The van der Waals surface area contributed by atoms with Gasteiger partial charge in [0, 0.05) is 37.3 Å². The molecule has 4 aromatic heterocycles. The zero-order valence-electron chi connectivity index (χ0n) is 21.3. The molecular weight excluding hydrogens is 466 g/mol. The van der Waals surface area contributed by atoms with Crippen molar-refractivity contribution in [2.45, 2.75) is 33.2 Å². The van der Waals surface area contributed by atoms with Crippen molar-refractivity contribution in [3.8, 4) is 16.9 Å². The second-order valence-electron chi connectivity index (χ2n) is 10.0. The third-order valence-corrected chi connectivity index (χ3v) is 7.41. The number of para-hydroxylation sites is 1. The van der Waals surface area contributed by atoms with Crippen LogP contribution in [-0.2, 0) is 18.4 Å². The highest BCUT2D eigenvalue weighted by atomic mass is 16.2. The molecule has 1 aliphatic heterocycles. The number of carbonyl (C=O) groups is 1. The summed E-state index contributed by atoms with van der Waals surface area (Å²) >= 11 is 0. The normalized spacial score (nSPS) is 16.1. The summed E-state index contributed by atoms with van der Waals surface area (Å²) in [6.07, 6.45) is 9.21. The van der Waals surface area contributed by atoms with Crippen molar-refractivity contribution in [3.05, 3.63) is 71.2 Å². The molecule has 1 fully saturated rings. The fourth-order valence-corrected chi connectivity index (χ4v) is 5.46. The number of nitrogens with zero attached hydrogens (tertiary/aromatic N) is 7. The van der Waals surface area contributed by atoms with Gasteiger partial charge in [-0.2, -0.15) is 5.10 Å². The fourth-order valence-electron chi connectivity index (χ4n) is 5.46. The summed E-state index contributed by atoms with van der Waals surface area (Å²) in [4.78, 5) is 37.9. The molecule has 37 heavy (non-hydrogen) atoms. The fraction of sp³-hybridized carbons (Fsp3) is 0.321. The third kappa shape index (κ3) is 3.91. The van der Waals surface area contributed by atoms with Crippen LogP contribution in [0.15, 0.2) is 59.9 Å². The number of likely N-dealkylation sites (tertiary alicyclic amines) is 1. The van der Waals surface area contributed by atoms with Gasteiger partial charge in [0.1, 0.15) is 6.54 Å². The number of hydrogen-bond donors (Lipinski definition) is 0. The van der Waals surface area contributed by atoms with Gasteiger partial charge in [0.2, 0.25) is 5.91 Å². The Morgan fingerprint density at radius 2 is 1.95 bits per heavy atom. The first-order valence-electron chi connectivity index (χ1n) is 12.6. The van der Waals surface area contributed by atoms with Crippen LogP contribution >= 0.6 is 0 Å². The van der Waals surface area contributed by atoms with Gasteiger partial charge in [0.05, 0.1) is 46.5 Å². The number of aromatic nitrogens is 6. The molecule has 9 nitrogen and oxygen atoms in total. The van der Waals surface area contributed by atoms with Gasteiger partial charge in [0.25, 0.3) is 0 Å². The Balaban J connectivity index is 1.41. The average molecular weight is 496 g/mol. The highest BCUT2D eigenvalue weighted by Crippen LogP contribution is 2.27. The van der Waals surface area contributed by atoms with Gasteiger partial charge in [-0.25, -0.2) is 4.79 Å². The number of piperidine rings is 1. The second-order valence-corrected chi connectivity index (χ2v) is 10.0. The molecule has 0 aliphatic carbocycles. The lowest BCUT2D eigenvalue weighted by Crippen LogP contribution is -2.42. The van der Waals surface area contributed by atoms with Gasteiger partial charge in [-0.1, -0.05) is 19.1 Å². The number of fused-ring (bicyclic) bond motifs is 2. The van der Waals surface area contributed by atoms with E-state index >= 15 is 0 Å². The molecule has 0 bridgehead atoms. The Morgan fingerprint density at radius 1 is 1.08 bits per heavy atom. The van der Waals surface area contributed by atoms with Crippen LogP contribution in [-0.4, -0.2) is 52.8 Å². The van der Waals surface area contributed by atoms with Crippen LogP contribution < -0.4 is 5.69 Å². The number of pyridine rings is 2. The molecule has 1 atom stereocenters. The minimum atomic E-state index is -0.242. The number of aryl methyl sites for hydroxylation is 2. The molecule has 5 heterocycles. The van der Waals surface area contributed by atoms with E-state index in [9.17, 15) is 9.59 Å².